The molecule has 0 unspecified atom stereocenters. The zero-order valence-electron chi connectivity index (χ0n) is 16.6. The normalized spacial score (nSPS) is 11.3. The average molecular weight is 427 g/mol. The zero-order valence-corrected chi connectivity index (χ0v) is 17.4. The van der Waals surface area contributed by atoms with Crippen molar-refractivity contribution in [1.82, 2.24) is 24.5 Å². The molecule has 0 amide bonds. The lowest BCUT2D eigenvalue weighted by atomic mass is 10.2. The van der Waals surface area contributed by atoms with Gasteiger partial charge in [0.05, 0.1) is 27.9 Å². The molecule has 0 aliphatic rings. The van der Waals surface area contributed by atoms with Crippen molar-refractivity contribution in [3.63, 3.8) is 0 Å². The fraction of sp³-hybridized carbons (Fsp3) is 0.0870. The van der Waals surface area contributed by atoms with Gasteiger partial charge in [-0.25, -0.2) is 4.98 Å². The number of para-hydroxylation sites is 2. The number of rotatable bonds is 4. The maximum absolute atomic E-state index is 13.4. The number of nitrogens with zero attached hydrogens (tertiary/aromatic N) is 5. The molecule has 3 aromatic carbocycles. The van der Waals surface area contributed by atoms with Gasteiger partial charge in [0.1, 0.15) is 5.52 Å². The fourth-order valence-electron chi connectivity index (χ4n) is 3.46. The van der Waals surface area contributed by atoms with Gasteiger partial charge in [-0.1, -0.05) is 59.4 Å². The Labute approximate surface area is 181 Å². The van der Waals surface area contributed by atoms with Crippen LogP contribution in [-0.4, -0.2) is 24.5 Å². The number of aryl methyl sites for hydroxylation is 1. The average Bonchev–Trinajstić information content (AvgIpc) is 2.80. The fourth-order valence-corrected chi connectivity index (χ4v) is 4.34. The van der Waals surface area contributed by atoms with Crippen LogP contribution in [-0.2, 0) is 5.88 Å². The van der Waals surface area contributed by atoms with Gasteiger partial charge in [-0.05, 0) is 42.8 Å². The van der Waals surface area contributed by atoms with Gasteiger partial charge in [0.25, 0.3) is 11.1 Å². The highest BCUT2D eigenvalue weighted by Gasteiger charge is 2.15. The lowest BCUT2D eigenvalue weighted by molar-refractivity contribution is 0.642. The Morgan fingerprint density at radius 2 is 1.45 bits per heavy atom. The van der Waals surface area contributed by atoms with Crippen LogP contribution >= 0.6 is 11.8 Å². The van der Waals surface area contributed by atoms with Crippen molar-refractivity contribution in [2.45, 2.75) is 18.0 Å². The third kappa shape index (κ3) is 3.40. The topological polar surface area (TPSA) is 82.7 Å². The first-order chi connectivity index (χ1) is 15.1. The zero-order chi connectivity index (χ0) is 21.4. The van der Waals surface area contributed by atoms with E-state index in [0.717, 1.165) is 11.3 Å². The molecule has 0 bridgehead atoms. The van der Waals surface area contributed by atoms with E-state index < -0.39 is 0 Å². The molecule has 0 spiro atoms. The lowest BCUT2D eigenvalue weighted by Gasteiger charge is -2.15. The minimum absolute atomic E-state index is 0.153. The summed E-state index contributed by atoms with van der Waals surface area (Å²) in [6.45, 7) is 1.95. The Morgan fingerprint density at radius 3 is 2.23 bits per heavy atom. The third-order valence-electron chi connectivity index (χ3n) is 5.05. The predicted molar refractivity (Wildman–Crippen MR) is 122 cm³/mol. The van der Waals surface area contributed by atoms with E-state index in [9.17, 15) is 9.59 Å². The molecule has 31 heavy (non-hydrogen) atoms. The largest absolute Gasteiger partial charge is 0.278 e. The van der Waals surface area contributed by atoms with Crippen LogP contribution in [0.5, 0.6) is 0 Å². The van der Waals surface area contributed by atoms with Crippen LogP contribution in [0, 0.1) is 6.92 Å². The molecule has 5 rings (SSSR count). The lowest BCUT2D eigenvalue weighted by Crippen LogP contribution is -2.25. The highest BCUT2D eigenvalue weighted by molar-refractivity contribution is 7.98. The Morgan fingerprint density at radius 1 is 0.806 bits per heavy atom. The van der Waals surface area contributed by atoms with Gasteiger partial charge in [0.2, 0.25) is 0 Å². The van der Waals surface area contributed by atoms with Gasteiger partial charge in [0.15, 0.2) is 5.16 Å². The summed E-state index contributed by atoms with van der Waals surface area (Å²) in [5, 5.41) is 9.70. The van der Waals surface area contributed by atoms with Crippen LogP contribution < -0.4 is 11.1 Å². The summed E-state index contributed by atoms with van der Waals surface area (Å²) in [7, 11) is 0. The number of aromatic nitrogens is 5. The molecule has 2 aromatic heterocycles. The summed E-state index contributed by atoms with van der Waals surface area (Å²) in [6, 6.07) is 22.0. The summed E-state index contributed by atoms with van der Waals surface area (Å²) in [4.78, 5) is 30.9. The van der Waals surface area contributed by atoms with Crippen LogP contribution in [0.4, 0.5) is 0 Å². The molecule has 5 aromatic rings. The summed E-state index contributed by atoms with van der Waals surface area (Å²) in [5.41, 5.74) is 2.48. The standard InChI is InChI=1S/C23H17N5O2S/c1-15-8-2-7-13-20(15)28-22(30)16-9-3-5-11-18(16)24-23(28)31-14-27-21(29)17-10-4-6-12-19(17)25-26-27/h2-13H,14H2,1H3. The molecule has 2 heterocycles. The van der Waals surface area contributed by atoms with Gasteiger partial charge in [0, 0.05) is 0 Å². The molecule has 152 valence electrons. The SMILES string of the molecule is Cc1ccccc1-n1c(SCn2nnc3ccccc3c2=O)nc2ccccc2c1=O. The molecule has 0 aliphatic heterocycles. The van der Waals surface area contributed by atoms with Crippen LogP contribution in [0.1, 0.15) is 5.56 Å². The van der Waals surface area contributed by atoms with Crippen LogP contribution in [0.25, 0.3) is 27.5 Å². The van der Waals surface area contributed by atoms with Crippen LogP contribution in [0.15, 0.2) is 87.5 Å². The van der Waals surface area contributed by atoms with Crippen molar-refractivity contribution in [2.24, 2.45) is 0 Å². The van der Waals surface area contributed by atoms with Crippen molar-refractivity contribution in [2.75, 3.05) is 0 Å². The quantitative estimate of drug-likeness (QED) is 0.322. The van der Waals surface area contributed by atoms with E-state index in [2.05, 4.69) is 10.3 Å². The Bertz CT molecular complexity index is 1560. The highest BCUT2D eigenvalue weighted by atomic mass is 32.2. The molecule has 0 saturated heterocycles. The van der Waals surface area contributed by atoms with E-state index in [4.69, 9.17) is 4.98 Å². The van der Waals surface area contributed by atoms with Gasteiger partial charge >= 0.3 is 0 Å². The minimum atomic E-state index is -0.233. The number of hydrogen-bond donors (Lipinski definition) is 0. The molecule has 0 fully saturated rings. The number of hydrogen-bond acceptors (Lipinski definition) is 6. The van der Waals surface area contributed by atoms with Crippen LogP contribution in [0.3, 0.4) is 0 Å². The van der Waals surface area contributed by atoms with E-state index in [1.807, 2.05) is 55.5 Å². The second-order valence-electron chi connectivity index (χ2n) is 7.02. The number of thioether (sulfide) groups is 1. The molecule has 0 atom stereocenters. The maximum Gasteiger partial charge on any atom is 0.278 e. The third-order valence-corrected chi connectivity index (χ3v) is 5.95. The maximum atomic E-state index is 13.4. The van der Waals surface area contributed by atoms with E-state index in [-0.39, 0.29) is 17.0 Å². The van der Waals surface area contributed by atoms with Crippen LogP contribution in [0.2, 0.25) is 0 Å². The Hall–Kier alpha value is -3.78. The van der Waals surface area contributed by atoms with E-state index in [1.54, 1.807) is 28.8 Å². The monoisotopic (exact) mass is 427 g/mol. The van der Waals surface area contributed by atoms with Crippen molar-refractivity contribution < 1.29 is 0 Å². The van der Waals surface area contributed by atoms with Gasteiger partial charge in [-0.3, -0.25) is 14.2 Å². The minimum Gasteiger partial charge on any atom is -0.268 e. The first kappa shape index (κ1) is 19.2. The smallest absolute Gasteiger partial charge is 0.268 e. The van der Waals surface area contributed by atoms with Crippen molar-refractivity contribution >= 4 is 33.6 Å². The van der Waals surface area contributed by atoms with E-state index in [0.29, 0.717) is 27.0 Å². The highest BCUT2D eigenvalue weighted by Crippen LogP contribution is 2.23. The van der Waals surface area contributed by atoms with Crippen molar-refractivity contribution in [3.8, 4) is 5.69 Å². The molecule has 0 aliphatic carbocycles. The predicted octanol–water partition coefficient (Wildman–Crippen LogP) is 3.55. The summed E-state index contributed by atoms with van der Waals surface area (Å²) in [5.74, 6) is 0.174. The molecular formula is C23H17N5O2S. The molecule has 0 saturated carbocycles. The molecular weight excluding hydrogens is 410 g/mol. The molecule has 7 nitrogen and oxygen atoms in total. The van der Waals surface area contributed by atoms with Crippen molar-refractivity contribution in [3.05, 3.63) is 99.1 Å². The first-order valence-corrected chi connectivity index (χ1v) is 10.7. The molecule has 0 N–H and O–H groups in total. The van der Waals surface area contributed by atoms with Crippen molar-refractivity contribution in [1.29, 1.82) is 0 Å². The van der Waals surface area contributed by atoms with E-state index >= 15 is 0 Å². The summed E-state index contributed by atoms with van der Waals surface area (Å²) < 4.78 is 2.89. The number of fused-ring (bicyclic) bond motifs is 2. The second-order valence-corrected chi connectivity index (χ2v) is 7.94. The van der Waals surface area contributed by atoms with E-state index in [1.165, 1.54) is 16.4 Å². The summed E-state index contributed by atoms with van der Waals surface area (Å²) >= 11 is 1.27. The van der Waals surface area contributed by atoms with Gasteiger partial charge < -0.3 is 0 Å². The molecule has 8 heteroatoms. The Balaban J connectivity index is 1.64. The van der Waals surface area contributed by atoms with Gasteiger partial charge in [-0.2, -0.15) is 4.68 Å². The van der Waals surface area contributed by atoms with Gasteiger partial charge in [-0.15, -0.1) is 5.10 Å². The molecule has 0 radical (unpaired) electrons. The summed E-state index contributed by atoms with van der Waals surface area (Å²) in [6.07, 6.45) is 0. The second kappa shape index (κ2) is 7.81. The first-order valence-electron chi connectivity index (χ1n) is 9.66. The Kier molecular flexibility index (Phi) is 4.83. The number of benzene rings is 3.